The lowest BCUT2D eigenvalue weighted by Crippen LogP contribution is -2.40. The van der Waals surface area contributed by atoms with Crippen LogP contribution in [0.25, 0.3) is 0 Å². The van der Waals surface area contributed by atoms with E-state index in [2.05, 4.69) is 41.1 Å². The number of nitrogens with one attached hydrogen (secondary N) is 1. The number of carbonyl (C=O) groups is 1. The molecule has 2 heterocycles. The Kier molecular flexibility index (Phi) is 5.77. The predicted octanol–water partition coefficient (Wildman–Crippen LogP) is 5.08. The summed E-state index contributed by atoms with van der Waals surface area (Å²) in [5.74, 6) is 1.07. The van der Waals surface area contributed by atoms with E-state index in [4.69, 9.17) is 14.5 Å². The first-order valence-corrected chi connectivity index (χ1v) is 10.2. The van der Waals surface area contributed by atoms with Gasteiger partial charge in [-0.15, -0.1) is 0 Å². The minimum absolute atomic E-state index is 0.177. The lowest BCUT2D eigenvalue weighted by Gasteiger charge is -2.39. The number of ether oxygens (including phenoxy) is 2. The van der Waals surface area contributed by atoms with Crippen molar-refractivity contribution in [1.29, 1.82) is 0 Å². The number of nitrogens with zero attached hydrogens (tertiary/aromatic N) is 2. The van der Waals surface area contributed by atoms with Gasteiger partial charge in [0.2, 0.25) is 0 Å². The number of imidazole rings is 1. The molecule has 0 spiro atoms. The van der Waals surface area contributed by atoms with Crippen LogP contribution in [0.15, 0.2) is 36.5 Å². The van der Waals surface area contributed by atoms with Gasteiger partial charge in [-0.05, 0) is 53.5 Å². The molecule has 6 heteroatoms. The van der Waals surface area contributed by atoms with Gasteiger partial charge in [0.15, 0.2) is 0 Å². The van der Waals surface area contributed by atoms with Crippen molar-refractivity contribution in [3.05, 3.63) is 53.6 Å². The number of benzene rings is 1. The molecule has 1 aliphatic heterocycles. The zero-order valence-electron chi connectivity index (χ0n) is 18.5. The molecule has 1 aromatic carbocycles. The van der Waals surface area contributed by atoms with Crippen LogP contribution in [0, 0.1) is 0 Å². The second kappa shape index (κ2) is 7.82. The summed E-state index contributed by atoms with van der Waals surface area (Å²) in [5, 5.41) is 3.05. The Morgan fingerprint density at radius 3 is 2.41 bits per heavy atom. The largest absolute Gasteiger partial charge is 0.444 e. The van der Waals surface area contributed by atoms with Crippen LogP contribution in [0.1, 0.15) is 83.0 Å². The van der Waals surface area contributed by atoms with Gasteiger partial charge in [0.25, 0.3) is 0 Å². The molecule has 0 aliphatic carbocycles. The highest BCUT2D eigenvalue weighted by atomic mass is 16.6. The summed E-state index contributed by atoms with van der Waals surface area (Å²) in [6.07, 6.45) is 2.20. The number of fused-ring (bicyclic) bond motifs is 1. The highest BCUT2D eigenvalue weighted by molar-refractivity contribution is 5.68. The van der Waals surface area contributed by atoms with Crippen LogP contribution >= 0.6 is 0 Å². The maximum atomic E-state index is 12.5. The zero-order valence-corrected chi connectivity index (χ0v) is 18.5. The van der Waals surface area contributed by atoms with Crippen molar-refractivity contribution in [2.24, 2.45) is 0 Å². The maximum absolute atomic E-state index is 12.5. The molecule has 158 valence electrons. The van der Waals surface area contributed by atoms with Crippen LogP contribution < -0.4 is 5.32 Å². The molecule has 1 aliphatic rings. The summed E-state index contributed by atoms with van der Waals surface area (Å²) in [5.41, 5.74) is 1.20. The van der Waals surface area contributed by atoms with Gasteiger partial charge in [0, 0.05) is 19.1 Å². The van der Waals surface area contributed by atoms with Gasteiger partial charge in [-0.25, -0.2) is 9.78 Å². The van der Waals surface area contributed by atoms with Gasteiger partial charge in [-0.3, -0.25) is 0 Å². The summed E-state index contributed by atoms with van der Waals surface area (Å²) >= 11 is 0. The first-order chi connectivity index (χ1) is 13.5. The van der Waals surface area contributed by atoms with E-state index in [1.807, 2.05) is 46.9 Å². The van der Waals surface area contributed by atoms with E-state index in [1.54, 1.807) is 7.11 Å². The number of hydrogen-bond acceptors (Lipinski definition) is 4. The molecule has 1 aromatic heterocycles. The fourth-order valence-electron chi connectivity index (χ4n) is 4.04. The molecular formula is C23H33N3O3. The molecule has 0 bridgehead atoms. The second-order valence-corrected chi connectivity index (χ2v) is 9.28. The number of methoxy groups -OCH3 is 1. The first kappa shape index (κ1) is 21.4. The number of hydrogen-bond donors (Lipinski definition) is 1. The quantitative estimate of drug-likeness (QED) is 0.779. The van der Waals surface area contributed by atoms with Crippen molar-refractivity contribution in [2.75, 3.05) is 7.11 Å². The maximum Gasteiger partial charge on any atom is 0.408 e. The van der Waals surface area contributed by atoms with Crippen LogP contribution in [0.5, 0.6) is 0 Å². The molecular weight excluding hydrogens is 366 g/mol. The topological polar surface area (TPSA) is 65.4 Å². The molecule has 0 saturated carbocycles. The standard InChI is InChI=1S/C23H33N3O3/c1-15-17(16-11-9-8-10-12-16)13-18(25-21(27)29-22(2,3)4)20-24-14-19(26(15)20)23(5,6)28-7/h8-12,14-15,17-18H,13H2,1-7H3,(H,25,27)/t15-,17-,18+/m1/s1. The Labute approximate surface area is 173 Å². The summed E-state index contributed by atoms with van der Waals surface area (Å²) in [4.78, 5) is 17.2. The van der Waals surface area contributed by atoms with Crippen LogP contribution in [0.2, 0.25) is 0 Å². The number of aromatic nitrogens is 2. The predicted molar refractivity (Wildman–Crippen MR) is 113 cm³/mol. The number of carbonyl (C=O) groups excluding carboxylic acids is 1. The number of amides is 1. The third-order valence-electron chi connectivity index (χ3n) is 5.66. The average molecular weight is 400 g/mol. The molecule has 3 atom stereocenters. The molecule has 0 unspecified atom stereocenters. The van der Waals surface area contributed by atoms with Crippen molar-refractivity contribution in [3.63, 3.8) is 0 Å². The average Bonchev–Trinajstić information content (AvgIpc) is 3.10. The van der Waals surface area contributed by atoms with Gasteiger partial charge >= 0.3 is 6.09 Å². The van der Waals surface area contributed by atoms with Gasteiger partial charge in [-0.2, -0.15) is 0 Å². The minimum atomic E-state index is -0.552. The molecule has 0 fully saturated rings. The van der Waals surface area contributed by atoms with E-state index in [1.165, 1.54) is 5.56 Å². The van der Waals surface area contributed by atoms with Gasteiger partial charge in [0.1, 0.15) is 17.0 Å². The summed E-state index contributed by atoms with van der Waals surface area (Å²) in [7, 11) is 1.71. The van der Waals surface area contributed by atoms with Crippen molar-refractivity contribution in [3.8, 4) is 0 Å². The second-order valence-electron chi connectivity index (χ2n) is 9.28. The Morgan fingerprint density at radius 2 is 1.83 bits per heavy atom. The molecule has 1 N–H and O–H groups in total. The lowest BCUT2D eigenvalue weighted by atomic mass is 9.83. The SMILES string of the molecule is COC(C)(C)c1cnc2n1[C@H](C)[C@H](c1ccccc1)C[C@@H]2NC(=O)OC(C)(C)C. The zero-order chi connectivity index (χ0) is 21.4. The van der Waals surface area contributed by atoms with Crippen molar-refractivity contribution in [2.45, 2.75) is 77.2 Å². The third kappa shape index (κ3) is 4.47. The molecule has 2 aromatic rings. The van der Waals surface area contributed by atoms with Gasteiger partial charge < -0.3 is 19.4 Å². The highest BCUT2D eigenvalue weighted by Gasteiger charge is 2.39. The molecule has 6 nitrogen and oxygen atoms in total. The fraction of sp³-hybridized carbons (Fsp3) is 0.565. The minimum Gasteiger partial charge on any atom is -0.444 e. The number of rotatable bonds is 4. The third-order valence-corrected chi connectivity index (χ3v) is 5.66. The summed E-state index contributed by atoms with van der Waals surface area (Å²) in [6.45, 7) is 11.9. The van der Waals surface area contributed by atoms with Crippen molar-refractivity contribution < 1.29 is 14.3 Å². The molecule has 29 heavy (non-hydrogen) atoms. The van der Waals surface area contributed by atoms with E-state index in [0.717, 1.165) is 17.9 Å². The Morgan fingerprint density at radius 1 is 1.17 bits per heavy atom. The van der Waals surface area contributed by atoms with Crippen LogP contribution in [0.3, 0.4) is 0 Å². The first-order valence-electron chi connectivity index (χ1n) is 10.2. The Hall–Kier alpha value is -2.34. The summed E-state index contributed by atoms with van der Waals surface area (Å²) in [6, 6.07) is 10.4. The Balaban J connectivity index is 2.02. The van der Waals surface area contributed by atoms with E-state index >= 15 is 0 Å². The summed E-state index contributed by atoms with van der Waals surface area (Å²) < 4.78 is 13.5. The molecule has 1 amide bonds. The fourth-order valence-corrected chi connectivity index (χ4v) is 4.04. The van der Waals surface area contributed by atoms with Crippen molar-refractivity contribution >= 4 is 6.09 Å². The number of alkyl carbamates (subject to hydrolysis) is 1. The van der Waals surface area contributed by atoms with Crippen molar-refractivity contribution in [1.82, 2.24) is 14.9 Å². The van der Waals surface area contributed by atoms with Crippen LogP contribution in [0.4, 0.5) is 4.79 Å². The van der Waals surface area contributed by atoms with E-state index in [-0.39, 0.29) is 18.0 Å². The molecule has 0 saturated heterocycles. The normalized spacial score (nSPS) is 22.1. The van der Waals surface area contributed by atoms with Crippen LogP contribution in [-0.2, 0) is 15.1 Å². The highest BCUT2D eigenvalue weighted by Crippen LogP contribution is 2.44. The molecule has 0 radical (unpaired) electrons. The lowest BCUT2D eigenvalue weighted by molar-refractivity contribution is 0.00983. The smallest absolute Gasteiger partial charge is 0.408 e. The van der Waals surface area contributed by atoms with E-state index in [9.17, 15) is 4.79 Å². The van der Waals surface area contributed by atoms with E-state index < -0.39 is 17.3 Å². The van der Waals surface area contributed by atoms with Gasteiger partial charge in [0.05, 0.1) is 17.9 Å². The van der Waals surface area contributed by atoms with E-state index in [0.29, 0.717) is 0 Å². The Bertz CT molecular complexity index is 852. The molecule has 3 rings (SSSR count). The van der Waals surface area contributed by atoms with Crippen LogP contribution in [-0.4, -0.2) is 28.4 Å². The monoisotopic (exact) mass is 399 g/mol. The van der Waals surface area contributed by atoms with Gasteiger partial charge in [-0.1, -0.05) is 30.3 Å².